The Balaban J connectivity index is 0. The molecule has 17 valence electrons. The van der Waals surface area contributed by atoms with Crippen LogP contribution in [-0.4, -0.2) is 57.5 Å². The molecule has 0 unspecified atom stereocenters. The van der Waals surface area contributed by atoms with Gasteiger partial charge < -0.3 is 5.41 Å². The smallest absolute Gasteiger partial charge is 0 e. The summed E-state index contributed by atoms with van der Waals surface area (Å²) in [6, 6.07) is 0. The van der Waals surface area contributed by atoms with Gasteiger partial charge in [0.1, 0.15) is 0 Å². The summed E-state index contributed by atoms with van der Waals surface area (Å²) in [7, 11) is 0. The SMILES string of the molecule is [K].[N-]=C=O. The third-order valence-corrected chi connectivity index (χ3v) is 0. The maximum atomic E-state index is 8.24. The fourth-order valence-electron chi connectivity index (χ4n) is 0. The van der Waals surface area contributed by atoms with Crippen molar-refractivity contribution in [3.05, 3.63) is 5.41 Å². The van der Waals surface area contributed by atoms with Gasteiger partial charge in [-0.15, -0.1) is 0 Å². The van der Waals surface area contributed by atoms with Gasteiger partial charge in [-0.25, -0.2) is 0 Å². The van der Waals surface area contributed by atoms with Crippen LogP contribution >= 0.6 is 0 Å². The molecule has 0 heterocycles. The molecule has 2 nitrogen and oxygen atoms in total. The summed E-state index contributed by atoms with van der Waals surface area (Å²) in [5.74, 6) is 0. The largest absolute Gasteiger partial charge is 0.724 e. The topological polar surface area (TPSA) is 39.4 Å². The quantitative estimate of drug-likeness (QED) is 0.220. The van der Waals surface area contributed by atoms with Crippen molar-refractivity contribution in [2.75, 3.05) is 0 Å². The van der Waals surface area contributed by atoms with Gasteiger partial charge in [-0.05, 0) is 6.08 Å². The van der Waals surface area contributed by atoms with Gasteiger partial charge in [-0.1, -0.05) is 0 Å². The summed E-state index contributed by atoms with van der Waals surface area (Å²) in [4.78, 5) is 8.24. The standard InChI is InChI=1S/CNO.K/c2-1-3;/q-1;. The van der Waals surface area contributed by atoms with Crippen LogP contribution in [0.25, 0.3) is 5.41 Å². The van der Waals surface area contributed by atoms with Crippen LogP contribution in [0, 0.1) is 0 Å². The van der Waals surface area contributed by atoms with E-state index in [0.717, 1.165) is 0 Å². The Labute approximate surface area is 66.5 Å². The molecule has 0 aliphatic rings. The minimum Gasteiger partial charge on any atom is -0.724 e. The van der Waals surface area contributed by atoms with E-state index in [4.69, 9.17) is 10.2 Å². The second-order valence-electron chi connectivity index (χ2n) is 0.0913. The molecule has 0 bridgehead atoms. The van der Waals surface area contributed by atoms with E-state index in [-0.39, 0.29) is 51.4 Å². The Hall–Kier alpha value is 1.02. The van der Waals surface area contributed by atoms with Crippen LogP contribution in [0.4, 0.5) is 0 Å². The summed E-state index contributed by atoms with van der Waals surface area (Å²) in [6.45, 7) is 0. The Kier molecular flexibility index (Phi) is 20.0. The number of isocyanates is 1. The van der Waals surface area contributed by atoms with Crippen molar-refractivity contribution in [2.24, 2.45) is 0 Å². The van der Waals surface area contributed by atoms with E-state index in [2.05, 4.69) is 0 Å². The molecule has 0 saturated carbocycles. The molecule has 0 amide bonds. The molecule has 0 spiro atoms. The molecule has 0 fully saturated rings. The number of hydrogen-bond acceptors (Lipinski definition) is 1. The van der Waals surface area contributed by atoms with E-state index < -0.39 is 0 Å². The Morgan fingerprint density at radius 1 is 1.75 bits per heavy atom. The van der Waals surface area contributed by atoms with Gasteiger partial charge in [0.25, 0.3) is 0 Å². The molecule has 0 atom stereocenters. The van der Waals surface area contributed by atoms with Gasteiger partial charge in [0.15, 0.2) is 0 Å². The summed E-state index contributed by atoms with van der Waals surface area (Å²) < 4.78 is 0. The van der Waals surface area contributed by atoms with E-state index in [0.29, 0.717) is 6.08 Å². The Morgan fingerprint density at radius 3 is 1.75 bits per heavy atom. The molecule has 0 aliphatic heterocycles. The van der Waals surface area contributed by atoms with Crippen LogP contribution < -0.4 is 0 Å². The summed E-state index contributed by atoms with van der Waals surface area (Å²) in [6.07, 6.45) is 0.500. The molecule has 0 aliphatic carbocycles. The maximum Gasteiger partial charge on any atom is 0 e. The Bertz CT molecular complexity index is 29.0. The van der Waals surface area contributed by atoms with Gasteiger partial charge in [0.2, 0.25) is 0 Å². The first-order valence-electron chi connectivity index (χ1n) is 0.428. The second kappa shape index (κ2) is 8.99. The molecule has 0 N–H and O–H groups in total. The molecule has 1 radical (unpaired) electrons. The van der Waals surface area contributed by atoms with E-state index in [1.54, 1.807) is 0 Å². The van der Waals surface area contributed by atoms with E-state index in [1.165, 1.54) is 0 Å². The predicted molar refractivity (Wildman–Crippen MR) is 14.8 cm³/mol. The number of nitrogens with zero attached hydrogens (tertiary/aromatic N) is 1. The van der Waals surface area contributed by atoms with Crippen LogP contribution in [0.1, 0.15) is 0 Å². The normalized spacial score (nSPS) is 2.00. The van der Waals surface area contributed by atoms with Gasteiger partial charge in [-0.2, -0.15) is 0 Å². The third kappa shape index (κ3) is 11.9. The zero-order valence-corrected chi connectivity index (χ0v) is 5.48. The summed E-state index contributed by atoms with van der Waals surface area (Å²) >= 11 is 0. The van der Waals surface area contributed by atoms with Crippen LogP contribution in [0.3, 0.4) is 0 Å². The van der Waals surface area contributed by atoms with Crippen molar-refractivity contribution in [2.45, 2.75) is 0 Å². The van der Waals surface area contributed by atoms with Crippen molar-refractivity contribution in [1.29, 1.82) is 0 Å². The molecular formula is CKNO-. The first-order chi connectivity index (χ1) is 1.41. The third-order valence-electron chi connectivity index (χ3n) is 0. The van der Waals surface area contributed by atoms with Gasteiger partial charge in [0.05, 0.1) is 0 Å². The van der Waals surface area contributed by atoms with Gasteiger partial charge in [-0.3, -0.25) is 4.79 Å². The van der Waals surface area contributed by atoms with Gasteiger partial charge in [0, 0.05) is 51.4 Å². The predicted octanol–water partition coefficient (Wildman–Crippen LogP) is -0.489. The second-order valence-corrected chi connectivity index (χ2v) is 0.0913. The first kappa shape index (κ1) is 8.89. The van der Waals surface area contributed by atoms with Crippen molar-refractivity contribution in [3.63, 3.8) is 0 Å². The van der Waals surface area contributed by atoms with E-state index in [9.17, 15) is 0 Å². The Morgan fingerprint density at radius 2 is 1.75 bits per heavy atom. The van der Waals surface area contributed by atoms with Crippen LogP contribution in [0.5, 0.6) is 0 Å². The number of rotatable bonds is 0. The first-order valence-corrected chi connectivity index (χ1v) is 0.428. The van der Waals surface area contributed by atoms with Crippen molar-refractivity contribution < 1.29 is 4.79 Å². The number of carbonyl (C=O) groups excluding carboxylic acids is 1. The minimum atomic E-state index is 0. The summed E-state index contributed by atoms with van der Waals surface area (Å²) in [5, 5.41) is 6.76. The number of hydrogen-bond donors (Lipinski definition) is 0. The molecule has 0 saturated heterocycles. The molecule has 0 aromatic rings. The van der Waals surface area contributed by atoms with E-state index >= 15 is 0 Å². The van der Waals surface area contributed by atoms with Crippen LogP contribution in [0.2, 0.25) is 0 Å². The van der Waals surface area contributed by atoms with Crippen molar-refractivity contribution in [1.82, 2.24) is 0 Å². The van der Waals surface area contributed by atoms with Crippen LogP contribution in [-0.2, 0) is 4.79 Å². The zero-order chi connectivity index (χ0) is 2.71. The average Bonchev–Trinajstić information content (AvgIpc) is 0.918. The van der Waals surface area contributed by atoms with Gasteiger partial charge >= 0.3 is 0 Å². The molecule has 3 heteroatoms. The molecule has 0 rings (SSSR count). The zero-order valence-electron chi connectivity index (χ0n) is 2.36. The molecule has 0 aromatic heterocycles. The maximum absolute atomic E-state index is 8.24. The fraction of sp³-hybridized carbons (Fsp3) is 0. The summed E-state index contributed by atoms with van der Waals surface area (Å²) in [5.41, 5.74) is 0. The minimum absolute atomic E-state index is 0. The van der Waals surface area contributed by atoms with E-state index in [1.807, 2.05) is 0 Å². The van der Waals surface area contributed by atoms with Crippen LogP contribution in [0.15, 0.2) is 0 Å². The monoisotopic (exact) mass is 81.0 g/mol. The molecule has 4 heavy (non-hydrogen) atoms. The van der Waals surface area contributed by atoms with Crippen molar-refractivity contribution in [3.8, 4) is 0 Å². The van der Waals surface area contributed by atoms with Crippen molar-refractivity contribution >= 4 is 57.5 Å². The average molecular weight is 81.1 g/mol. The molecule has 0 aromatic carbocycles. The fourth-order valence-corrected chi connectivity index (χ4v) is 0. The molecular weight excluding hydrogens is 81.1 g/mol.